The van der Waals surface area contributed by atoms with E-state index >= 15 is 0 Å². The van der Waals surface area contributed by atoms with Gasteiger partial charge in [-0.05, 0) is 24.4 Å². The topological polar surface area (TPSA) is 34.1 Å². The summed E-state index contributed by atoms with van der Waals surface area (Å²) >= 11 is 1.57. The molecule has 0 spiro atoms. The van der Waals surface area contributed by atoms with Gasteiger partial charge in [-0.15, -0.1) is 11.3 Å². The summed E-state index contributed by atoms with van der Waals surface area (Å²) in [6.07, 6.45) is 0. The number of rotatable bonds is 3. The van der Waals surface area contributed by atoms with E-state index in [1.807, 2.05) is 13.0 Å². The Hall–Kier alpha value is -0.870. The van der Waals surface area contributed by atoms with E-state index in [9.17, 15) is 8.42 Å². The monoisotopic (exact) mass is 254 g/mol. The Bertz CT molecular complexity index is 609. The molecule has 0 saturated heterocycles. The van der Waals surface area contributed by atoms with Gasteiger partial charge in [-0.1, -0.05) is 24.6 Å². The Morgan fingerprint density at radius 1 is 1.25 bits per heavy atom. The fourth-order valence-corrected chi connectivity index (χ4v) is 3.94. The molecule has 1 heterocycles. The number of thiophene rings is 1. The van der Waals surface area contributed by atoms with Crippen molar-refractivity contribution in [2.24, 2.45) is 0 Å². The molecule has 0 fully saturated rings. The SMILES string of the molecule is CCS(=O)(=O)Cc1cc2cc(C)ccc2s1. The summed E-state index contributed by atoms with van der Waals surface area (Å²) in [5.74, 6) is 0.377. The van der Waals surface area contributed by atoms with Crippen LogP contribution in [0.25, 0.3) is 10.1 Å². The average molecular weight is 254 g/mol. The van der Waals surface area contributed by atoms with E-state index < -0.39 is 9.84 Å². The molecule has 0 radical (unpaired) electrons. The molecule has 86 valence electrons. The highest BCUT2D eigenvalue weighted by Gasteiger charge is 2.11. The van der Waals surface area contributed by atoms with Crippen molar-refractivity contribution in [2.45, 2.75) is 19.6 Å². The molecule has 0 unspecified atom stereocenters. The first-order valence-corrected chi connectivity index (χ1v) is 7.83. The predicted octanol–water partition coefficient (Wildman–Crippen LogP) is 3.14. The van der Waals surface area contributed by atoms with Crippen molar-refractivity contribution in [1.29, 1.82) is 0 Å². The molecule has 1 aromatic heterocycles. The number of fused-ring (bicyclic) bond motifs is 1. The van der Waals surface area contributed by atoms with Crippen LogP contribution >= 0.6 is 11.3 Å². The van der Waals surface area contributed by atoms with Gasteiger partial charge >= 0.3 is 0 Å². The molecule has 0 aliphatic carbocycles. The Kier molecular flexibility index (Phi) is 3.04. The molecular weight excluding hydrogens is 240 g/mol. The van der Waals surface area contributed by atoms with Crippen LogP contribution < -0.4 is 0 Å². The van der Waals surface area contributed by atoms with Gasteiger partial charge in [-0.25, -0.2) is 8.42 Å². The van der Waals surface area contributed by atoms with Crippen molar-refractivity contribution >= 4 is 31.3 Å². The van der Waals surface area contributed by atoms with E-state index in [0.29, 0.717) is 0 Å². The standard InChI is InChI=1S/C12H14O2S2/c1-3-16(13,14)8-11-7-10-6-9(2)4-5-12(10)15-11/h4-7H,3,8H2,1-2H3. The van der Waals surface area contributed by atoms with Gasteiger partial charge in [0.05, 0.1) is 5.75 Å². The predicted molar refractivity (Wildman–Crippen MR) is 69.7 cm³/mol. The Morgan fingerprint density at radius 3 is 2.69 bits per heavy atom. The van der Waals surface area contributed by atoms with Crippen LogP contribution in [0.1, 0.15) is 17.4 Å². The molecule has 0 aliphatic rings. The van der Waals surface area contributed by atoms with Crippen molar-refractivity contribution in [3.63, 3.8) is 0 Å². The van der Waals surface area contributed by atoms with Crippen LogP contribution in [0.3, 0.4) is 0 Å². The molecule has 0 aliphatic heterocycles. The molecule has 16 heavy (non-hydrogen) atoms. The van der Waals surface area contributed by atoms with Gasteiger partial charge < -0.3 is 0 Å². The summed E-state index contributed by atoms with van der Waals surface area (Å²) in [7, 11) is -2.92. The summed E-state index contributed by atoms with van der Waals surface area (Å²) in [4.78, 5) is 0.933. The van der Waals surface area contributed by atoms with Crippen LogP contribution in [0, 0.1) is 6.92 Å². The van der Waals surface area contributed by atoms with E-state index in [-0.39, 0.29) is 11.5 Å². The van der Waals surface area contributed by atoms with Crippen LogP contribution in [0.4, 0.5) is 0 Å². The smallest absolute Gasteiger partial charge is 0.154 e. The summed E-state index contributed by atoms with van der Waals surface area (Å²) in [5.41, 5.74) is 1.20. The lowest BCUT2D eigenvalue weighted by molar-refractivity contribution is 0.597. The second kappa shape index (κ2) is 4.18. The third kappa shape index (κ3) is 2.44. The van der Waals surface area contributed by atoms with Crippen LogP contribution in [-0.4, -0.2) is 14.2 Å². The first-order chi connectivity index (χ1) is 7.50. The van der Waals surface area contributed by atoms with E-state index in [1.54, 1.807) is 18.3 Å². The third-order valence-corrected chi connectivity index (χ3v) is 5.45. The minimum absolute atomic E-state index is 0.169. The zero-order valence-electron chi connectivity index (χ0n) is 9.36. The van der Waals surface area contributed by atoms with E-state index in [4.69, 9.17) is 0 Å². The Balaban J connectivity index is 2.40. The van der Waals surface area contributed by atoms with Gasteiger partial charge in [0.2, 0.25) is 0 Å². The highest BCUT2D eigenvalue weighted by Crippen LogP contribution is 2.27. The van der Waals surface area contributed by atoms with Crippen LogP contribution in [-0.2, 0) is 15.6 Å². The first kappa shape index (κ1) is 11.6. The van der Waals surface area contributed by atoms with E-state index in [1.165, 1.54) is 5.56 Å². The van der Waals surface area contributed by atoms with Gasteiger partial charge in [-0.3, -0.25) is 0 Å². The van der Waals surface area contributed by atoms with E-state index in [2.05, 4.69) is 18.2 Å². The molecule has 1 aromatic carbocycles. The van der Waals surface area contributed by atoms with Crippen molar-refractivity contribution in [2.75, 3.05) is 5.75 Å². The average Bonchev–Trinajstić information content (AvgIpc) is 2.58. The maximum Gasteiger partial charge on any atom is 0.154 e. The number of aryl methyl sites for hydroxylation is 1. The van der Waals surface area contributed by atoms with Gasteiger partial charge in [0.25, 0.3) is 0 Å². The lowest BCUT2D eigenvalue weighted by Crippen LogP contribution is -2.04. The maximum atomic E-state index is 11.5. The fourth-order valence-electron chi connectivity index (χ4n) is 1.61. The second-order valence-corrected chi connectivity index (χ2v) is 7.45. The molecule has 0 N–H and O–H groups in total. The largest absolute Gasteiger partial charge is 0.228 e. The zero-order chi connectivity index (χ0) is 11.8. The normalized spacial score (nSPS) is 12.1. The van der Waals surface area contributed by atoms with Crippen LogP contribution in [0.2, 0.25) is 0 Å². The molecule has 0 saturated carbocycles. The van der Waals surface area contributed by atoms with Crippen molar-refractivity contribution in [1.82, 2.24) is 0 Å². The summed E-state index contributed by atoms with van der Waals surface area (Å²) in [5, 5.41) is 1.14. The molecule has 2 rings (SSSR count). The maximum absolute atomic E-state index is 11.5. The highest BCUT2D eigenvalue weighted by atomic mass is 32.2. The van der Waals surface area contributed by atoms with Gasteiger partial charge in [0.1, 0.15) is 0 Å². The summed E-state index contributed by atoms with van der Waals surface area (Å²) in [6.45, 7) is 3.73. The highest BCUT2D eigenvalue weighted by molar-refractivity contribution is 7.90. The molecule has 0 bridgehead atoms. The lowest BCUT2D eigenvalue weighted by Gasteiger charge is -1.96. The molecular formula is C12H14O2S2. The fraction of sp³-hybridized carbons (Fsp3) is 0.333. The number of hydrogen-bond donors (Lipinski definition) is 0. The molecule has 0 atom stereocenters. The Labute approximate surface area is 99.8 Å². The van der Waals surface area contributed by atoms with Crippen LogP contribution in [0.5, 0.6) is 0 Å². The first-order valence-electron chi connectivity index (χ1n) is 5.19. The van der Waals surface area contributed by atoms with Gasteiger partial charge in [-0.2, -0.15) is 0 Å². The lowest BCUT2D eigenvalue weighted by atomic mass is 10.2. The molecule has 4 heteroatoms. The van der Waals surface area contributed by atoms with Crippen LogP contribution in [0.15, 0.2) is 24.3 Å². The van der Waals surface area contributed by atoms with Crippen molar-refractivity contribution in [3.8, 4) is 0 Å². The molecule has 0 amide bonds. The van der Waals surface area contributed by atoms with Crippen molar-refractivity contribution < 1.29 is 8.42 Å². The number of sulfone groups is 1. The van der Waals surface area contributed by atoms with E-state index in [0.717, 1.165) is 15.0 Å². The summed E-state index contributed by atoms with van der Waals surface area (Å²) < 4.78 is 24.2. The third-order valence-electron chi connectivity index (χ3n) is 2.52. The van der Waals surface area contributed by atoms with Gasteiger partial charge in [0.15, 0.2) is 9.84 Å². The molecule has 2 aromatic rings. The molecule has 2 nitrogen and oxygen atoms in total. The number of benzene rings is 1. The summed E-state index contributed by atoms with van der Waals surface area (Å²) in [6, 6.07) is 8.18. The minimum atomic E-state index is -2.92. The van der Waals surface area contributed by atoms with Crippen molar-refractivity contribution in [3.05, 3.63) is 34.7 Å². The minimum Gasteiger partial charge on any atom is -0.228 e. The second-order valence-electron chi connectivity index (χ2n) is 3.93. The number of hydrogen-bond acceptors (Lipinski definition) is 3. The van der Waals surface area contributed by atoms with Gasteiger partial charge in [0, 0.05) is 15.3 Å². The quantitative estimate of drug-likeness (QED) is 0.843. The zero-order valence-corrected chi connectivity index (χ0v) is 11.0. The Morgan fingerprint density at radius 2 is 2.00 bits per heavy atom.